The second kappa shape index (κ2) is 9.46. The summed E-state index contributed by atoms with van der Waals surface area (Å²) in [6.45, 7) is 6.98. The normalized spacial score (nSPS) is 11.1. The van der Waals surface area contributed by atoms with Crippen LogP contribution < -0.4 is 14.4 Å². The van der Waals surface area contributed by atoms with Crippen LogP contribution in [0.1, 0.15) is 21.8 Å². The number of amides is 1. The number of sulfonamides is 1. The summed E-state index contributed by atoms with van der Waals surface area (Å²) in [6.07, 6.45) is 1.46. The number of anilines is 2. The molecule has 3 aromatic rings. The molecule has 3 rings (SSSR count). The lowest BCUT2D eigenvalue weighted by Gasteiger charge is -2.25. The van der Waals surface area contributed by atoms with Gasteiger partial charge in [-0.15, -0.1) is 6.58 Å². The number of carbonyl (C=O) groups is 1. The smallest absolute Gasteiger partial charge is 0.264 e. The highest BCUT2D eigenvalue weighted by Gasteiger charge is 2.28. The van der Waals surface area contributed by atoms with Gasteiger partial charge in [-0.25, -0.2) is 8.42 Å². The summed E-state index contributed by atoms with van der Waals surface area (Å²) in [5, 5.41) is 6.56. The summed E-state index contributed by atoms with van der Waals surface area (Å²) < 4.78 is 38.6. The Hall–Kier alpha value is -3.30. The predicted molar refractivity (Wildman–Crippen MR) is 123 cm³/mol. The zero-order valence-electron chi connectivity index (χ0n) is 17.8. The van der Waals surface area contributed by atoms with E-state index in [-0.39, 0.29) is 22.0 Å². The molecular formula is C22H22ClN3O5S. The molecule has 0 aliphatic rings. The Bertz CT molecular complexity index is 1250. The molecule has 0 saturated carbocycles. The Kier molecular flexibility index (Phi) is 6.90. The number of ether oxygens (including phenoxy) is 1. The van der Waals surface area contributed by atoms with Gasteiger partial charge < -0.3 is 14.6 Å². The Morgan fingerprint density at radius 1 is 1.28 bits per heavy atom. The summed E-state index contributed by atoms with van der Waals surface area (Å²) in [5.74, 6) is 0.210. The van der Waals surface area contributed by atoms with Crippen LogP contribution >= 0.6 is 11.6 Å². The molecule has 32 heavy (non-hydrogen) atoms. The molecule has 10 heteroatoms. The number of para-hydroxylation sites is 2. The molecule has 0 radical (unpaired) electrons. The molecular weight excluding hydrogens is 454 g/mol. The molecule has 0 aliphatic carbocycles. The van der Waals surface area contributed by atoms with Crippen LogP contribution in [0.25, 0.3) is 0 Å². The lowest BCUT2D eigenvalue weighted by Crippen LogP contribution is -2.31. The van der Waals surface area contributed by atoms with E-state index in [1.54, 1.807) is 38.1 Å². The van der Waals surface area contributed by atoms with Crippen molar-refractivity contribution >= 4 is 38.9 Å². The van der Waals surface area contributed by atoms with E-state index in [0.29, 0.717) is 28.6 Å². The standard InChI is InChI=1S/C22H22ClN3O5S/c1-5-12-26(19-8-6-7-9-20(19)30-4)32(28,29)16-10-11-18(23)17(13-16)22(27)24-21-14(2)25-31-15(21)3/h5-11,13H,1,12H2,2-4H3,(H,24,27). The SMILES string of the molecule is C=CCN(c1ccccc1OC)S(=O)(=O)c1ccc(Cl)c(C(=O)Nc2c(C)noc2C)c1. The van der Waals surface area contributed by atoms with Crippen molar-refractivity contribution in [3.63, 3.8) is 0 Å². The maximum absolute atomic E-state index is 13.5. The van der Waals surface area contributed by atoms with E-state index in [1.165, 1.54) is 31.4 Å². The van der Waals surface area contributed by atoms with Gasteiger partial charge in [0.05, 0.1) is 34.8 Å². The quantitative estimate of drug-likeness (QED) is 0.478. The van der Waals surface area contributed by atoms with Crippen molar-refractivity contribution in [1.82, 2.24) is 5.16 Å². The van der Waals surface area contributed by atoms with Gasteiger partial charge in [-0.2, -0.15) is 0 Å². The highest BCUT2D eigenvalue weighted by molar-refractivity contribution is 7.92. The van der Waals surface area contributed by atoms with Crippen molar-refractivity contribution in [3.05, 3.63) is 77.2 Å². The zero-order chi connectivity index (χ0) is 23.5. The third-order valence-electron chi connectivity index (χ3n) is 4.69. The van der Waals surface area contributed by atoms with Crippen LogP contribution in [-0.4, -0.2) is 33.1 Å². The number of aromatic nitrogens is 1. The fraction of sp³-hybridized carbons (Fsp3) is 0.182. The van der Waals surface area contributed by atoms with Gasteiger partial charge in [-0.1, -0.05) is 35.0 Å². The summed E-state index contributed by atoms with van der Waals surface area (Å²) in [5.41, 5.74) is 1.23. The summed E-state index contributed by atoms with van der Waals surface area (Å²) >= 11 is 6.22. The van der Waals surface area contributed by atoms with E-state index in [9.17, 15) is 13.2 Å². The molecule has 0 saturated heterocycles. The molecule has 1 amide bonds. The first-order valence-electron chi connectivity index (χ1n) is 9.51. The summed E-state index contributed by atoms with van der Waals surface area (Å²) in [6, 6.07) is 10.7. The molecule has 8 nitrogen and oxygen atoms in total. The number of nitrogens with zero attached hydrogens (tertiary/aromatic N) is 2. The second-order valence-corrected chi connectivity index (χ2v) is 9.06. The van der Waals surface area contributed by atoms with Crippen LogP contribution in [0.15, 0.2) is 64.5 Å². The number of hydrogen-bond acceptors (Lipinski definition) is 6. The Labute approximate surface area is 191 Å². The van der Waals surface area contributed by atoms with Crippen LogP contribution in [-0.2, 0) is 10.0 Å². The Morgan fingerprint density at radius 2 is 2.00 bits per heavy atom. The minimum atomic E-state index is -4.09. The molecule has 1 N–H and O–H groups in total. The third-order valence-corrected chi connectivity index (χ3v) is 6.80. The van der Waals surface area contributed by atoms with Gasteiger partial charge in [0.2, 0.25) is 0 Å². The molecule has 0 spiro atoms. The summed E-state index contributed by atoms with van der Waals surface area (Å²) in [7, 11) is -2.63. The number of rotatable bonds is 8. The van der Waals surface area contributed by atoms with Gasteiger partial charge >= 0.3 is 0 Å². The van der Waals surface area contributed by atoms with Gasteiger partial charge in [-0.3, -0.25) is 9.10 Å². The first-order valence-corrected chi connectivity index (χ1v) is 11.3. The highest BCUT2D eigenvalue weighted by Crippen LogP contribution is 2.33. The van der Waals surface area contributed by atoms with Crippen molar-refractivity contribution in [2.24, 2.45) is 0 Å². The molecule has 1 heterocycles. The molecule has 0 bridgehead atoms. The van der Waals surface area contributed by atoms with Crippen LogP contribution in [0.3, 0.4) is 0 Å². The topological polar surface area (TPSA) is 102 Å². The maximum Gasteiger partial charge on any atom is 0.264 e. The van der Waals surface area contributed by atoms with Crippen LogP contribution in [0, 0.1) is 13.8 Å². The van der Waals surface area contributed by atoms with E-state index in [4.69, 9.17) is 20.9 Å². The van der Waals surface area contributed by atoms with Gasteiger partial charge in [-0.05, 0) is 44.2 Å². The van der Waals surface area contributed by atoms with Crippen molar-refractivity contribution in [3.8, 4) is 5.75 Å². The minimum absolute atomic E-state index is 0.00799. The van der Waals surface area contributed by atoms with E-state index >= 15 is 0 Å². The van der Waals surface area contributed by atoms with Crippen LogP contribution in [0.2, 0.25) is 5.02 Å². The number of carbonyl (C=O) groups excluding carboxylic acids is 1. The monoisotopic (exact) mass is 475 g/mol. The van der Waals surface area contributed by atoms with Crippen molar-refractivity contribution < 1.29 is 22.5 Å². The number of benzene rings is 2. The average molecular weight is 476 g/mol. The molecule has 0 aliphatic heterocycles. The Morgan fingerprint density at radius 3 is 2.62 bits per heavy atom. The Balaban J connectivity index is 2.04. The molecule has 0 atom stereocenters. The van der Waals surface area contributed by atoms with Crippen molar-refractivity contribution in [2.45, 2.75) is 18.7 Å². The lowest BCUT2D eigenvalue weighted by molar-refractivity contribution is 0.102. The summed E-state index contributed by atoms with van der Waals surface area (Å²) in [4.78, 5) is 12.8. The van der Waals surface area contributed by atoms with E-state index < -0.39 is 15.9 Å². The fourth-order valence-electron chi connectivity index (χ4n) is 3.09. The van der Waals surface area contributed by atoms with Crippen LogP contribution in [0.4, 0.5) is 11.4 Å². The van der Waals surface area contributed by atoms with Crippen molar-refractivity contribution in [1.29, 1.82) is 0 Å². The van der Waals surface area contributed by atoms with E-state index in [0.717, 1.165) is 4.31 Å². The molecule has 168 valence electrons. The van der Waals surface area contributed by atoms with Gasteiger partial charge in [0.15, 0.2) is 5.76 Å². The maximum atomic E-state index is 13.5. The number of aryl methyl sites for hydroxylation is 2. The fourth-order valence-corrected chi connectivity index (χ4v) is 4.76. The van der Waals surface area contributed by atoms with E-state index in [2.05, 4.69) is 17.1 Å². The first kappa shape index (κ1) is 23.4. The van der Waals surface area contributed by atoms with Gasteiger partial charge in [0.25, 0.3) is 15.9 Å². The third kappa shape index (κ3) is 4.49. The number of halogens is 1. The largest absolute Gasteiger partial charge is 0.495 e. The average Bonchev–Trinajstić information content (AvgIpc) is 3.09. The first-order chi connectivity index (χ1) is 15.2. The van der Waals surface area contributed by atoms with Gasteiger partial charge in [0, 0.05) is 0 Å². The predicted octanol–water partition coefficient (Wildman–Crippen LogP) is 4.59. The van der Waals surface area contributed by atoms with Crippen molar-refractivity contribution in [2.75, 3.05) is 23.3 Å². The number of hydrogen-bond donors (Lipinski definition) is 1. The molecule has 0 unspecified atom stereocenters. The second-order valence-electron chi connectivity index (χ2n) is 6.79. The zero-order valence-corrected chi connectivity index (χ0v) is 19.3. The van der Waals surface area contributed by atoms with Gasteiger partial charge in [0.1, 0.15) is 17.1 Å². The molecule has 1 aromatic heterocycles. The minimum Gasteiger partial charge on any atom is -0.495 e. The number of methoxy groups -OCH3 is 1. The highest BCUT2D eigenvalue weighted by atomic mass is 35.5. The van der Waals surface area contributed by atoms with Crippen LogP contribution in [0.5, 0.6) is 5.75 Å². The molecule has 0 fully saturated rings. The van der Waals surface area contributed by atoms with E-state index in [1.807, 2.05) is 0 Å². The number of nitrogens with one attached hydrogen (secondary N) is 1. The molecule has 2 aromatic carbocycles. The lowest BCUT2D eigenvalue weighted by atomic mass is 10.2.